The van der Waals surface area contributed by atoms with Gasteiger partial charge in [0.15, 0.2) is 0 Å². The van der Waals surface area contributed by atoms with Crippen LogP contribution in [-0.4, -0.2) is 10.4 Å². The number of benzene rings is 2. The lowest BCUT2D eigenvalue weighted by molar-refractivity contribution is -0.453. The Balaban J connectivity index is 2.16. The second-order valence-electron chi connectivity index (χ2n) is 4.56. The summed E-state index contributed by atoms with van der Waals surface area (Å²) in [7, 11) is 0. The molecule has 0 atom stereocenters. The van der Waals surface area contributed by atoms with Gasteiger partial charge in [-0.05, 0) is 24.6 Å². The second kappa shape index (κ2) is 4.14. The summed E-state index contributed by atoms with van der Waals surface area (Å²) in [6.45, 7) is 2.88. The van der Waals surface area contributed by atoms with E-state index in [1.165, 1.54) is 11.1 Å². The van der Waals surface area contributed by atoms with Crippen LogP contribution in [0.1, 0.15) is 16.7 Å². The van der Waals surface area contributed by atoms with Crippen LogP contribution in [0.2, 0.25) is 5.02 Å². The standard InChI is InChI=1S/C15H13ClN2/c1-10-6-7-12(16)8-14(10)18-9-11-4-2-3-5-13(11)15(18)17/h2-8,17H,9H2,1H3/p+1. The molecule has 0 saturated heterocycles. The van der Waals surface area contributed by atoms with E-state index in [0.717, 1.165) is 28.7 Å². The minimum absolute atomic E-state index is 0.736. The first kappa shape index (κ1) is 11.3. The predicted octanol–water partition coefficient (Wildman–Crippen LogP) is 3.21. The molecule has 0 saturated carbocycles. The molecular weight excluding hydrogens is 244 g/mol. The SMILES string of the molecule is Cc1ccc(Cl)cc1[N+]1=C(N)c2ccccc2C1. The Hall–Kier alpha value is -1.80. The van der Waals surface area contributed by atoms with Gasteiger partial charge >= 0.3 is 0 Å². The normalized spacial score (nSPS) is 13.9. The van der Waals surface area contributed by atoms with Gasteiger partial charge < -0.3 is 0 Å². The predicted molar refractivity (Wildman–Crippen MR) is 74.6 cm³/mol. The number of halogens is 1. The van der Waals surface area contributed by atoms with Crippen molar-refractivity contribution in [2.45, 2.75) is 13.5 Å². The van der Waals surface area contributed by atoms with E-state index in [0.29, 0.717) is 0 Å². The first-order chi connectivity index (χ1) is 8.66. The molecule has 0 aromatic heterocycles. The highest BCUT2D eigenvalue weighted by Crippen LogP contribution is 2.28. The number of fused-ring (bicyclic) bond motifs is 1. The Morgan fingerprint density at radius 3 is 2.72 bits per heavy atom. The lowest BCUT2D eigenvalue weighted by atomic mass is 10.1. The number of hydrogen-bond donors (Lipinski definition) is 1. The Morgan fingerprint density at radius 1 is 1.17 bits per heavy atom. The van der Waals surface area contributed by atoms with Crippen molar-refractivity contribution in [1.29, 1.82) is 0 Å². The van der Waals surface area contributed by atoms with Gasteiger partial charge in [-0.15, -0.1) is 0 Å². The monoisotopic (exact) mass is 257 g/mol. The van der Waals surface area contributed by atoms with Gasteiger partial charge in [-0.1, -0.05) is 35.9 Å². The van der Waals surface area contributed by atoms with Crippen LogP contribution in [-0.2, 0) is 6.54 Å². The van der Waals surface area contributed by atoms with E-state index in [4.69, 9.17) is 17.3 Å². The zero-order valence-electron chi connectivity index (χ0n) is 10.2. The minimum atomic E-state index is 0.736. The molecule has 2 nitrogen and oxygen atoms in total. The van der Waals surface area contributed by atoms with Gasteiger partial charge in [0.25, 0.3) is 5.84 Å². The molecule has 0 radical (unpaired) electrons. The summed E-state index contributed by atoms with van der Waals surface area (Å²) < 4.78 is 2.12. The van der Waals surface area contributed by atoms with E-state index in [2.05, 4.69) is 23.6 Å². The van der Waals surface area contributed by atoms with E-state index in [1.54, 1.807) is 0 Å². The maximum atomic E-state index is 6.24. The highest BCUT2D eigenvalue weighted by atomic mass is 35.5. The fourth-order valence-corrected chi connectivity index (χ4v) is 2.56. The maximum absolute atomic E-state index is 6.24. The molecule has 0 bridgehead atoms. The third-order valence-electron chi connectivity index (χ3n) is 3.37. The highest BCUT2D eigenvalue weighted by molar-refractivity contribution is 6.30. The molecule has 2 aromatic carbocycles. The second-order valence-corrected chi connectivity index (χ2v) is 5.00. The van der Waals surface area contributed by atoms with Crippen LogP contribution >= 0.6 is 11.6 Å². The van der Waals surface area contributed by atoms with Crippen LogP contribution in [0, 0.1) is 6.92 Å². The quantitative estimate of drug-likeness (QED) is 0.781. The summed E-state index contributed by atoms with van der Waals surface area (Å²) in [5.41, 5.74) is 10.9. The van der Waals surface area contributed by atoms with E-state index in [9.17, 15) is 0 Å². The smallest absolute Gasteiger partial charge is 0.280 e. The Bertz CT molecular complexity index is 659. The number of rotatable bonds is 1. The summed E-state index contributed by atoms with van der Waals surface area (Å²) in [6.07, 6.45) is 0. The van der Waals surface area contributed by atoms with Crippen molar-refractivity contribution in [3.8, 4) is 0 Å². The zero-order valence-corrected chi connectivity index (χ0v) is 10.9. The average Bonchev–Trinajstić information content (AvgIpc) is 2.71. The van der Waals surface area contributed by atoms with Crippen LogP contribution in [0.25, 0.3) is 0 Å². The van der Waals surface area contributed by atoms with Crippen molar-refractivity contribution in [1.82, 2.24) is 0 Å². The van der Waals surface area contributed by atoms with Crippen LogP contribution in [0.3, 0.4) is 0 Å². The summed E-state index contributed by atoms with van der Waals surface area (Å²) in [4.78, 5) is 0. The molecule has 2 aromatic rings. The lowest BCUT2D eigenvalue weighted by Gasteiger charge is -2.06. The topological polar surface area (TPSA) is 29.0 Å². The molecule has 0 aliphatic carbocycles. The molecule has 0 unspecified atom stereocenters. The van der Waals surface area contributed by atoms with Crippen molar-refractivity contribution in [3.05, 3.63) is 64.2 Å². The van der Waals surface area contributed by atoms with Crippen LogP contribution < -0.4 is 5.73 Å². The molecule has 1 heterocycles. The van der Waals surface area contributed by atoms with E-state index >= 15 is 0 Å². The lowest BCUT2D eigenvalue weighted by Crippen LogP contribution is -2.20. The van der Waals surface area contributed by atoms with Crippen molar-refractivity contribution in [2.75, 3.05) is 0 Å². The van der Waals surface area contributed by atoms with Gasteiger partial charge in [-0.25, -0.2) is 4.58 Å². The molecule has 1 aliphatic heterocycles. The van der Waals surface area contributed by atoms with Crippen LogP contribution in [0.5, 0.6) is 0 Å². The molecule has 2 N–H and O–H groups in total. The van der Waals surface area contributed by atoms with Gasteiger partial charge in [0, 0.05) is 16.7 Å². The van der Waals surface area contributed by atoms with Crippen LogP contribution in [0.4, 0.5) is 5.69 Å². The van der Waals surface area contributed by atoms with Gasteiger partial charge in [-0.3, -0.25) is 5.73 Å². The molecule has 0 amide bonds. The Morgan fingerprint density at radius 2 is 1.94 bits per heavy atom. The number of nitrogens with two attached hydrogens (primary N) is 1. The molecule has 1 aliphatic rings. The van der Waals surface area contributed by atoms with Crippen LogP contribution in [0.15, 0.2) is 42.5 Å². The third-order valence-corrected chi connectivity index (χ3v) is 3.61. The third kappa shape index (κ3) is 1.70. The molecule has 0 fully saturated rings. The number of nitrogens with zero attached hydrogens (tertiary/aromatic N) is 1. The van der Waals surface area contributed by atoms with Gasteiger partial charge in [-0.2, -0.15) is 0 Å². The average molecular weight is 258 g/mol. The molecule has 90 valence electrons. The summed E-state index contributed by atoms with van der Waals surface area (Å²) >= 11 is 6.08. The van der Waals surface area contributed by atoms with E-state index in [1.807, 2.05) is 30.3 Å². The van der Waals surface area contributed by atoms with Crippen molar-refractivity contribution in [2.24, 2.45) is 5.73 Å². The fraction of sp³-hybridized carbons (Fsp3) is 0.133. The molecule has 18 heavy (non-hydrogen) atoms. The molecular formula is C15H14ClN2+. The summed E-state index contributed by atoms with van der Waals surface area (Å²) in [6, 6.07) is 14.1. The number of amidine groups is 1. The summed E-state index contributed by atoms with van der Waals surface area (Å²) in [5.74, 6) is 0.802. The van der Waals surface area contributed by atoms with Crippen molar-refractivity contribution < 1.29 is 4.58 Å². The Labute approximate surface area is 111 Å². The zero-order chi connectivity index (χ0) is 12.7. The van der Waals surface area contributed by atoms with Crippen molar-refractivity contribution >= 4 is 23.1 Å². The number of hydrogen-bond acceptors (Lipinski definition) is 1. The molecule has 3 rings (SSSR count). The number of aryl methyl sites for hydroxylation is 1. The van der Waals surface area contributed by atoms with E-state index < -0.39 is 0 Å². The first-order valence-electron chi connectivity index (χ1n) is 5.91. The van der Waals surface area contributed by atoms with E-state index in [-0.39, 0.29) is 0 Å². The fourth-order valence-electron chi connectivity index (χ4n) is 2.40. The maximum Gasteiger partial charge on any atom is 0.280 e. The summed E-state index contributed by atoms with van der Waals surface area (Å²) in [5, 5.41) is 0.736. The molecule has 3 heteroatoms. The van der Waals surface area contributed by atoms with Gasteiger partial charge in [0.05, 0.1) is 5.56 Å². The largest absolute Gasteiger partial charge is 0.286 e. The van der Waals surface area contributed by atoms with Gasteiger partial charge in [0.2, 0.25) is 0 Å². The highest BCUT2D eigenvalue weighted by Gasteiger charge is 2.26. The first-order valence-corrected chi connectivity index (χ1v) is 6.29. The minimum Gasteiger partial charge on any atom is -0.286 e. The Kier molecular flexibility index (Phi) is 2.60. The molecule has 0 spiro atoms. The van der Waals surface area contributed by atoms with Gasteiger partial charge in [0.1, 0.15) is 12.2 Å². The van der Waals surface area contributed by atoms with Crippen molar-refractivity contribution in [3.63, 3.8) is 0 Å².